The van der Waals surface area contributed by atoms with Crippen LogP contribution in [0.5, 0.6) is 0 Å². The summed E-state index contributed by atoms with van der Waals surface area (Å²) >= 11 is 0. The number of ether oxygens (including phenoxy) is 1. The fourth-order valence-electron chi connectivity index (χ4n) is 2.89. The Morgan fingerprint density at radius 1 is 1.67 bits per heavy atom. The summed E-state index contributed by atoms with van der Waals surface area (Å²) in [4.78, 5) is 17.8. The van der Waals surface area contributed by atoms with Crippen LogP contribution in [0.25, 0.3) is 0 Å². The molecule has 116 valence electrons. The van der Waals surface area contributed by atoms with Gasteiger partial charge in [0.25, 0.3) is 0 Å². The highest BCUT2D eigenvalue weighted by atomic mass is 16.5. The number of carbonyl (C=O) groups excluding carboxylic acids is 1. The van der Waals surface area contributed by atoms with Crippen molar-refractivity contribution in [3.63, 3.8) is 0 Å². The number of methoxy groups -OCH3 is 1. The molecule has 0 spiro atoms. The number of carbonyl (C=O) groups is 1. The maximum absolute atomic E-state index is 11.3. The number of rotatable bonds is 5. The average molecular weight is 292 g/mol. The first-order valence-electron chi connectivity index (χ1n) is 7.39. The number of likely N-dealkylation sites (tertiary alicyclic amines) is 1. The van der Waals surface area contributed by atoms with Gasteiger partial charge in [0, 0.05) is 37.6 Å². The zero-order valence-corrected chi connectivity index (χ0v) is 12.7. The zero-order chi connectivity index (χ0) is 15.2. The molecule has 2 rings (SSSR count). The molecule has 1 aliphatic rings. The zero-order valence-electron chi connectivity index (χ0n) is 12.7. The molecule has 6 heteroatoms. The molecule has 3 unspecified atom stereocenters. The van der Waals surface area contributed by atoms with Crippen LogP contribution in [0.15, 0.2) is 24.5 Å². The maximum Gasteiger partial charge on any atom is 0.407 e. The second kappa shape index (κ2) is 7.38. The highest BCUT2D eigenvalue weighted by Crippen LogP contribution is 2.28. The molecule has 0 saturated carbocycles. The number of hydrogen-bond acceptors (Lipinski definition) is 5. The molecule has 0 aliphatic carbocycles. The topological polar surface area (TPSA) is 80.5 Å². The van der Waals surface area contributed by atoms with Crippen LogP contribution in [0.4, 0.5) is 4.79 Å². The molecular formula is C15H24N4O2. The summed E-state index contributed by atoms with van der Waals surface area (Å²) in [6.07, 6.45) is 5.07. The van der Waals surface area contributed by atoms with E-state index < -0.39 is 0 Å². The number of nitrogens with zero attached hydrogens (tertiary/aromatic N) is 2. The molecule has 0 radical (unpaired) electrons. The quantitative estimate of drug-likeness (QED) is 0.855. The molecule has 0 aromatic carbocycles. The summed E-state index contributed by atoms with van der Waals surface area (Å²) in [6, 6.07) is 4.29. The molecule has 3 atom stereocenters. The van der Waals surface area contributed by atoms with Crippen LogP contribution in [0, 0.1) is 0 Å². The summed E-state index contributed by atoms with van der Waals surface area (Å²) in [5.41, 5.74) is 7.45. The van der Waals surface area contributed by atoms with Crippen LogP contribution in [0.2, 0.25) is 0 Å². The highest BCUT2D eigenvalue weighted by molar-refractivity contribution is 5.67. The summed E-state index contributed by atoms with van der Waals surface area (Å²) in [6.45, 7) is 3.78. The van der Waals surface area contributed by atoms with Crippen molar-refractivity contribution in [3.05, 3.63) is 30.1 Å². The van der Waals surface area contributed by atoms with Crippen molar-refractivity contribution in [2.75, 3.05) is 20.2 Å². The van der Waals surface area contributed by atoms with Crippen LogP contribution >= 0.6 is 0 Å². The molecule has 1 aromatic heterocycles. The third kappa shape index (κ3) is 3.92. The number of pyridine rings is 1. The Labute approximate surface area is 125 Å². The van der Waals surface area contributed by atoms with Gasteiger partial charge in [0.2, 0.25) is 0 Å². The third-order valence-electron chi connectivity index (χ3n) is 4.02. The third-order valence-corrected chi connectivity index (χ3v) is 4.02. The summed E-state index contributed by atoms with van der Waals surface area (Å²) in [7, 11) is 1.38. The number of hydrogen-bond donors (Lipinski definition) is 2. The van der Waals surface area contributed by atoms with Gasteiger partial charge in [-0.25, -0.2) is 4.79 Å². The molecule has 3 N–H and O–H groups in total. The van der Waals surface area contributed by atoms with E-state index in [0.717, 1.165) is 31.5 Å². The molecule has 1 fully saturated rings. The fourth-order valence-corrected chi connectivity index (χ4v) is 2.89. The van der Waals surface area contributed by atoms with E-state index in [4.69, 9.17) is 5.73 Å². The molecular weight excluding hydrogens is 268 g/mol. The second-order valence-corrected chi connectivity index (χ2v) is 5.42. The number of nitrogens with two attached hydrogens (primary N) is 1. The lowest BCUT2D eigenvalue weighted by molar-refractivity contribution is 0.164. The van der Waals surface area contributed by atoms with Crippen LogP contribution in [0.3, 0.4) is 0 Å². The number of aromatic nitrogens is 1. The molecule has 1 aromatic rings. The van der Waals surface area contributed by atoms with Crippen molar-refractivity contribution < 1.29 is 9.53 Å². The van der Waals surface area contributed by atoms with Gasteiger partial charge in [0.05, 0.1) is 13.2 Å². The van der Waals surface area contributed by atoms with E-state index in [-0.39, 0.29) is 24.2 Å². The predicted octanol–water partition coefficient (Wildman–Crippen LogP) is 1.29. The van der Waals surface area contributed by atoms with Crippen molar-refractivity contribution in [1.29, 1.82) is 0 Å². The molecule has 1 aliphatic heterocycles. The Morgan fingerprint density at radius 2 is 2.48 bits per heavy atom. The average Bonchev–Trinajstić information content (AvgIpc) is 2.96. The normalized spacial score (nSPS) is 21.8. The van der Waals surface area contributed by atoms with Crippen molar-refractivity contribution in [1.82, 2.24) is 15.2 Å². The van der Waals surface area contributed by atoms with Gasteiger partial charge in [-0.2, -0.15) is 0 Å². The van der Waals surface area contributed by atoms with Gasteiger partial charge in [-0.05, 0) is 24.5 Å². The van der Waals surface area contributed by atoms with Crippen molar-refractivity contribution in [3.8, 4) is 0 Å². The molecule has 1 amide bonds. The molecule has 21 heavy (non-hydrogen) atoms. The number of amides is 1. The van der Waals surface area contributed by atoms with Crippen LogP contribution in [0.1, 0.15) is 31.4 Å². The second-order valence-electron chi connectivity index (χ2n) is 5.42. The molecule has 6 nitrogen and oxygen atoms in total. The van der Waals surface area contributed by atoms with E-state index in [1.807, 2.05) is 12.3 Å². The number of alkyl carbamates (subject to hydrolysis) is 1. The molecule has 2 heterocycles. The minimum absolute atomic E-state index is 0.0473. The lowest BCUT2D eigenvalue weighted by Crippen LogP contribution is -2.42. The molecule has 1 saturated heterocycles. The monoisotopic (exact) mass is 292 g/mol. The van der Waals surface area contributed by atoms with E-state index >= 15 is 0 Å². The summed E-state index contributed by atoms with van der Waals surface area (Å²) < 4.78 is 4.66. The highest BCUT2D eigenvalue weighted by Gasteiger charge is 2.32. The Balaban J connectivity index is 2.07. The fraction of sp³-hybridized carbons (Fsp3) is 0.600. The van der Waals surface area contributed by atoms with Crippen molar-refractivity contribution >= 4 is 6.09 Å². The minimum Gasteiger partial charge on any atom is -0.453 e. The smallest absolute Gasteiger partial charge is 0.407 e. The minimum atomic E-state index is -0.375. The first kappa shape index (κ1) is 15.7. The number of nitrogens with one attached hydrogen (secondary N) is 1. The van der Waals surface area contributed by atoms with Gasteiger partial charge in [0.1, 0.15) is 0 Å². The van der Waals surface area contributed by atoms with Gasteiger partial charge in [-0.15, -0.1) is 0 Å². The van der Waals surface area contributed by atoms with Crippen LogP contribution < -0.4 is 11.1 Å². The lowest BCUT2D eigenvalue weighted by atomic mass is 9.98. The van der Waals surface area contributed by atoms with E-state index in [2.05, 4.69) is 32.9 Å². The standard InChI is InChI=1S/C15H24N4O2/c1-3-13(16)14(11-5-4-7-17-9-11)19-8-6-12(10-19)18-15(20)21-2/h4-5,7,9,12-14H,3,6,8,10,16H2,1-2H3,(H,18,20). The largest absolute Gasteiger partial charge is 0.453 e. The Bertz CT molecular complexity index is 454. The van der Waals surface area contributed by atoms with E-state index in [9.17, 15) is 4.79 Å². The summed E-state index contributed by atoms with van der Waals surface area (Å²) in [5, 5.41) is 2.86. The lowest BCUT2D eigenvalue weighted by Gasteiger charge is -2.32. The van der Waals surface area contributed by atoms with Gasteiger partial charge < -0.3 is 15.8 Å². The SMILES string of the molecule is CCC(N)C(c1cccnc1)N1CCC(NC(=O)OC)C1. The van der Waals surface area contributed by atoms with Crippen LogP contribution in [-0.2, 0) is 4.74 Å². The van der Waals surface area contributed by atoms with Gasteiger partial charge in [-0.3, -0.25) is 9.88 Å². The summed E-state index contributed by atoms with van der Waals surface area (Å²) in [5.74, 6) is 0. The Hall–Kier alpha value is -1.66. The van der Waals surface area contributed by atoms with E-state index in [0.29, 0.717) is 0 Å². The Morgan fingerprint density at radius 3 is 3.10 bits per heavy atom. The van der Waals surface area contributed by atoms with Crippen molar-refractivity contribution in [2.24, 2.45) is 5.73 Å². The van der Waals surface area contributed by atoms with Crippen LogP contribution in [-0.4, -0.2) is 48.3 Å². The first-order valence-corrected chi connectivity index (χ1v) is 7.39. The van der Waals surface area contributed by atoms with Crippen molar-refractivity contribution in [2.45, 2.75) is 37.9 Å². The van der Waals surface area contributed by atoms with Gasteiger partial charge in [0.15, 0.2) is 0 Å². The van der Waals surface area contributed by atoms with Gasteiger partial charge in [-0.1, -0.05) is 13.0 Å². The van der Waals surface area contributed by atoms with E-state index in [1.54, 1.807) is 6.20 Å². The van der Waals surface area contributed by atoms with Gasteiger partial charge >= 0.3 is 6.09 Å². The predicted molar refractivity (Wildman–Crippen MR) is 80.8 cm³/mol. The molecule has 0 bridgehead atoms. The Kier molecular flexibility index (Phi) is 5.52. The van der Waals surface area contributed by atoms with E-state index in [1.165, 1.54) is 7.11 Å². The maximum atomic E-state index is 11.3. The first-order chi connectivity index (χ1) is 10.2.